The smallest absolute Gasteiger partial charge is 0.304 e. The van der Waals surface area contributed by atoms with Crippen molar-refractivity contribution in [2.45, 2.75) is 38.3 Å². The zero-order chi connectivity index (χ0) is 13.8. The molecule has 1 unspecified atom stereocenters. The zero-order valence-corrected chi connectivity index (χ0v) is 13.0. The molecule has 0 aliphatic carbocycles. The van der Waals surface area contributed by atoms with Crippen molar-refractivity contribution in [3.63, 3.8) is 0 Å². The molecule has 2 rings (SSSR count). The third kappa shape index (κ3) is 4.20. The van der Waals surface area contributed by atoms with E-state index in [4.69, 9.17) is 16.7 Å². The third-order valence-electron chi connectivity index (χ3n) is 3.55. The van der Waals surface area contributed by atoms with E-state index in [2.05, 4.69) is 20.8 Å². The zero-order valence-electron chi connectivity index (χ0n) is 10.6. The quantitative estimate of drug-likeness (QED) is 0.898. The Bertz CT molecular complexity index is 467. The third-order valence-corrected chi connectivity index (χ3v) is 4.39. The molecule has 1 aromatic carbocycles. The topological polar surface area (TPSA) is 40.5 Å². The molecular formula is C14H17BrClNO2. The molecule has 0 amide bonds. The fraction of sp³-hybridized carbons (Fsp3) is 0.500. The normalized spacial score (nSPS) is 20.4. The maximum absolute atomic E-state index is 10.9. The Morgan fingerprint density at radius 3 is 2.95 bits per heavy atom. The molecule has 1 atom stereocenters. The summed E-state index contributed by atoms with van der Waals surface area (Å²) in [7, 11) is 0. The number of halogens is 2. The van der Waals surface area contributed by atoms with Gasteiger partial charge in [-0.05, 0) is 37.1 Å². The highest BCUT2D eigenvalue weighted by molar-refractivity contribution is 9.10. The van der Waals surface area contributed by atoms with Crippen LogP contribution in [0, 0.1) is 0 Å². The van der Waals surface area contributed by atoms with Gasteiger partial charge in [-0.25, -0.2) is 0 Å². The lowest BCUT2D eigenvalue weighted by Crippen LogP contribution is -2.40. The highest BCUT2D eigenvalue weighted by Gasteiger charge is 2.25. The second kappa shape index (κ2) is 6.73. The Morgan fingerprint density at radius 2 is 2.26 bits per heavy atom. The molecule has 0 radical (unpaired) electrons. The van der Waals surface area contributed by atoms with Crippen molar-refractivity contribution >= 4 is 33.5 Å². The summed E-state index contributed by atoms with van der Waals surface area (Å²) in [6.45, 7) is 1.67. The van der Waals surface area contributed by atoms with E-state index in [1.54, 1.807) is 0 Å². The number of aliphatic carboxylic acids is 1. The van der Waals surface area contributed by atoms with Crippen molar-refractivity contribution in [1.82, 2.24) is 4.90 Å². The number of carboxylic acid groups (broad SMARTS) is 1. The molecule has 104 valence electrons. The van der Waals surface area contributed by atoms with Crippen LogP contribution in [0.25, 0.3) is 0 Å². The number of hydrogen-bond acceptors (Lipinski definition) is 2. The Labute approximate surface area is 126 Å². The monoisotopic (exact) mass is 345 g/mol. The first-order chi connectivity index (χ1) is 9.06. The lowest BCUT2D eigenvalue weighted by atomic mass is 9.98. The van der Waals surface area contributed by atoms with Crippen molar-refractivity contribution in [3.05, 3.63) is 33.3 Å². The van der Waals surface area contributed by atoms with Crippen molar-refractivity contribution in [2.75, 3.05) is 6.54 Å². The van der Waals surface area contributed by atoms with Gasteiger partial charge in [0, 0.05) is 22.1 Å². The van der Waals surface area contributed by atoms with Gasteiger partial charge in [0.25, 0.3) is 0 Å². The summed E-state index contributed by atoms with van der Waals surface area (Å²) in [5.74, 6) is -0.723. The average molecular weight is 347 g/mol. The molecule has 3 nitrogen and oxygen atoms in total. The van der Waals surface area contributed by atoms with E-state index in [-0.39, 0.29) is 12.5 Å². The summed E-state index contributed by atoms with van der Waals surface area (Å²) in [6.07, 6.45) is 3.42. The summed E-state index contributed by atoms with van der Waals surface area (Å²) in [5.41, 5.74) is 1.06. The van der Waals surface area contributed by atoms with E-state index in [1.807, 2.05) is 18.2 Å². The molecule has 1 N–H and O–H groups in total. The SMILES string of the molecule is O=C(O)CC1CCCCN1Cc1ccc(Br)cc1Cl. The van der Waals surface area contributed by atoms with Crippen LogP contribution in [0.2, 0.25) is 5.02 Å². The van der Waals surface area contributed by atoms with Crippen LogP contribution in [0.4, 0.5) is 0 Å². The van der Waals surface area contributed by atoms with E-state index < -0.39 is 5.97 Å². The Balaban J connectivity index is 2.08. The maximum atomic E-state index is 10.9. The van der Waals surface area contributed by atoms with Crippen LogP contribution in [0.1, 0.15) is 31.2 Å². The molecule has 1 heterocycles. The Hall–Kier alpha value is -0.580. The van der Waals surface area contributed by atoms with Crippen molar-refractivity contribution < 1.29 is 9.90 Å². The molecule has 1 aliphatic rings. The summed E-state index contributed by atoms with van der Waals surface area (Å²) >= 11 is 9.62. The van der Waals surface area contributed by atoms with E-state index in [9.17, 15) is 4.79 Å². The lowest BCUT2D eigenvalue weighted by molar-refractivity contribution is -0.138. The molecule has 5 heteroatoms. The van der Waals surface area contributed by atoms with Gasteiger partial charge in [-0.15, -0.1) is 0 Å². The largest absolute Gasteiger partial charge is 0.481 e. The number of carboxylic acids is 1. The highest BCUT2D eigenvalue weighted by Crippen LogP contribution is 2.26. The van der Waals surface area contributed by atoms with Crippen LogP contribution in [0.5, 0.6) is 0 Å². The fourth-order valence-electron chi connectivity index (χ4n) is 2.57. The number of likely N-dealkylation sites (tertiary alicyclic amines) is 1. The molecule has 1 aromatic rings. The van der Waals surface area contributed by atoms with Gasteiger partial charge in [-0.1, -0.05) is 40.0 Å². The van der Waals surface area contributed by atoms with Gasteiger partial charge in [0.05, 0.1) is 6.42 Å². The minimum Gasteiger partial charge on any atom is -0.481 e. The first kappa shape index (κ1) is 14.8. The summed E-state index contributed by atoms with van der Waals surface area (Å²) in [5, 5.41) is 9.71. The molecular weight excluding hydrogens is 330 g/mol. The van der Waals surface area contributed by atoms with Gasteiger partial charge in [0.1, 0.15) is 0 Å². The van der Waals surface area contributed by atoms with Crippen molar-refractivity contribution in [1.29, 1.82) is 0 Å². The number of benzene rings is 1. The van der Waals surface area contributed by atoms with E-state index >= 15 is 0 Å². The van der Waals surface area contributed by atoms with Crippen LogP contribution in [0.3, 0.4) is 0 Å². The molecule has 0 aromatic heterocycles. The summed E-state index contributed by atoms with van der Waals surface area (Å²) < 4.78 is 0.960. The lowest BCUT2D eigenvalue weighted by Gasteiger charge is -2.35. The fourth-order valence-corrected chi connectivity index (χ4v) is 3.30. The van der Waals surface area contributed by atoms with Gasteiger partial charge >= 0.3 is 5.97 Å². The first-order valence-electron chi connectivity index (χ1n) is 6.46. The Kier molecular flexibility index (Phi) is 5.25. The minimum atomic E-state index is -0.723. The van der Waals surface area contributed by atoms with Gasteiger partial charge in [0.2, 0.25) is 0 Å². The molecule has 0 saturated carbocycles. The summed E-state index contributed by atoms with van der Waals surface area (Å²) in [6, 6.07) is 5.98. The molecule has 1 aliphatic heterocycles. The molecule has 1 fully saturated rings. The van der Waals surface area contributed by atoms with E-state index in [0.717, 1.165) is 47.4 Å². The van der Waals surface area contributed by atoms with Crippen LogP contribution < -0.4 is 0 Å². The number of piperidine rings is 1. The molecule has 1 saturated heterocycles. The van der Waals surface area contributed by atoms with Crippen LogP contribution in [0.15, 0.2) is 22.7 Å². The van der Waals surface area contributed by atoms with Crippen LogP contribution >= 0.6 is 27.5 Å². The number of hydrogen-bond donors (Lipinski definition) is 1. The van der Waals surface area contributed by atoms with Gasteiger partial charge in [0.15, 0.2) is 0 Å². The number of nitrogens with zero attached hydrogens (tertiary/aromatic N) is 1. The van der Waals surface area contributed by atoms with Gasteiger partial charge in [-0.3, -0.25) is 9.69 Å². The second-order valence-electron chi connectivity index (χ2n) is 4.95. The predicted octanol–water partition coefficient (Wildman–Crippen LogP) is 3.93. The highest BCUT2D eigenvalue weighted by atomic mass is 79.9. The molecule has 0 bridgehead atoms. The Morgan fingerprint density at radius 1 is 1.47 bits per heavy atom. The van der Waals surface area contributed by atoms with Crippen LogP contribution in [-0.4, -0.2) is 28.6 Å². The van der Waals surface area contributed by atoms with E-state index in [0.29, 0.717) is 0 Å². The summed E-state index contributed by atoms with van der Waals surface area (Å²) in [4.78, 5) is 13.2. The second-order valence-corrected chi connectivity index (χ2v) is 6.28. The molecule has 0 spiro atoms. The van der Waals surface area contributed by atoms with Crippen molar-refractivity contribution in [2.24, 2.45) is 0 Å². The first-order valence-corrected chi connectivity index (χ1v) is 7.63. The number of rotatable bonds is 4. The van der Waals surface area contributed by atoms with Crippen molar-refractivity contribution in [3.8, 4) is 0 Å². The number of carbonyl (C=O) groups is 1. The predicted molar refractivity (Wildman–Crippen MR) is 79.5 cm³/mol. The minimum absolute atomic E-state index is 0.131. The van der Waals surface area contributed by atoms with Gasteiger partial charge < -0.3 is 5.11 Å². The van der Waals surface area contributed by atoms with Gasteiger partial charge in [-0.2, -0.15) is 0 Å². The average Bonchev–Trinajstić information content (AvgIpc) is 2.34. The molecule has 19 heavy (non-hydrogen) atoms. The van der Waals surface area contributed by atoms with Crippen LogP contribution in [-0.2, 0) is 11.3 Å². The van der Waals surface area contributed by atoms with E-state index in [1.165, 1.54) is 0 Å². The standard InChI is InChI=1S/C14H17BrClNO2/c15-11-5-4-10(13(16)7-11)9-17-6-2-1-3-12(17)8-14(18)19/h4-5,7,12H,1-3,6,8-9H2,(H,18,19). The maximum Gasteiger partial charge on any atom is 0.304 e.